The van der Waals surface area contributed by atoms with Crippen LogP contribution >= 0.6 is 0 Å². The summed E-state index contributed by atoms with van der Waals surface area (Å²) in [7, 11) is 0. The lowest BCUT2D eigenvalue weighted by Gasteiger charge is -2.26. The zero-order chi connectivity index (χ0) is 19.3. The first-order chi connectivity index (χ1) is 12.8. The molecule has 1 N–H and O–H groups in total. The largest absolute Gasteiger partial charge is 0.507 e. The highest BCUT2D eigenvalue weighted by Crippen LogP contribution is 2.36. The van der Waals surface area contributed by atoms with Crippen LogP contribution < -0.4 is 0 Å². The first kappa shape index (κ1) is 17.6. The molecule has 1 aliphatic carbocycles. The van der Waals surface area contributed by atoms with Crippen LogP contribution in [0.2, 0.25) is 0 Å². The minimum atomic E-state index is -0.879. The second-order valence-electron chi connectivity index (χ2n) is 6.94. The summed E-state index contributed by atoms with van der Waals surface area (Å²) in [6.45, 7) is 4.07. The molecular formula is C21H18O6. The Morgan fingerprint density at radius 3 is 2.33 bits per heavy atom. The van der Waals surface area contributed by atoms with Gasteiger partial charge >= 0.3 is 0 Å². The molecule has 0 saturated carbocycles. The molecule has 4 rings (SSSR count). The van der Waals surface area contributed by atoms with Crippen LogP contribution in [0, 0.1) is 0 Å². The number of Topliss-reactive ketones (excluding diaryl/α,β-unsaturated/α-hetero) is 1. The molecule has 27 heavy (non-hydrogen) atoms. The second-order valence-corrected chi connectivity index (χ2v) is 6.94. The summed E-state index contributed by atoms with van der Waals surface area (Å²) in [6, 6.07) is 7.54. The van der Waals surface area contributed by atoms with Gasteiger partial charge in [0, 0.05) is 28.7 Å². The Morgan fingerprint density at radius 2 is 1.67 bits per heavy atom. The van der Waals surface area contributed by atoms with Crippen molar-refractivity contribution in [3.8, 4) is 5.75 Å². The maximum absolute atomic E-state index is 13.1. The van der Waals surface area contributed by atoms with Gasteiger partial charge in [0.25, 0.3) is 0 Å². The van der Waals surface area contributed by atoms with Gasteiger partial charge in [-0.25, -0.2) is 0 Å². The van der Waals surface area contributed by atoms with Crippen molar-refractivity contribution >= 4 is 17.3 Å². The summed E-state index contributed by atoms with van der Waals surface area (Å²) in [6.07, 6.45) is 0.281. The van der Waals surface area contributed by atoms with E-state index >= 15 is 0 Å². The first-order valence-corrected chi connectivity index (χ1v) is 8.68. The molecule has 0 aromatic heterocycles. The van der Waals surface area contributed by atoms with Crippen LogP contribution in [0.5, 0.6) is 5.75 Å². The Bertz CT molecular complexity index is 998. The normalized spacial score (nSPS) is 17.6. The number of hydrogen-bond donors (Lipinski definition) is 1. The molecule has 0 amide bonds. The molecule has 0 spiro atoms. The molecule has 1 heterocycles. The number of rotatable bonds is 3. The van der Waals surface area contributed by atoms with Crippen LogP contribution in [0.1, 0.15) is 61.6 Å². The maximum Gasteiger partial charge on any atom is 0.198 e. The van der Waals surface area contributed by atoms with Gasteiger partial charge in [-0.2, -0.15) is 0 Å². The summed E-state index contributed by atoms with van der Waals surface area (Å²) in [5.41, 5.74) is 1.10. The van der Waals surface area contributed by atoms with Gasteiger partial charge in [-0.05, 0) is 31.5 Å². The lowest BCUT2D eigenvalue weighted by Crippen LogP contribution is -2.31. The quantitative estimate of drug-likeness (QED) is 0.717. The van der Waals surface area contributed by atoms with Gasteiger partial charge in [-0.15, -0.1) is 0 Å². The standard InChI is InChI=1S/C21H18O6/c1-11(22)16-12(10-21(2)26-8-9-27-21)6-7-14-18(16)20(25)13-4-3-5-15(23)17(13)19(14)24/h3-7,23H,8-10H2,1-2H3. The average Bonchev–Trinajstić information content (AvgIpc) is 3.05. The van der Waals surface area contributed by atoms with Crippen molar-refractivity contribution in [3.63, 3.8) is 0 Å². The predicted molar refractivity (Wildman–Crippen MR) is 95.4 cm³/mol. The Balaban J connectivity index is 1.91. The molecule has 0 bridgehead atoms. The molecule has 0 radical (unpaired) electrons. The van der Waals surface area contributed by atoms with Crippen molar-refractivity contribution < 1.29 is 29.0 Å². The van der Waals surface area contributed by atoms with E-state index in [1.54, 1.807) is 13.0 Å². The molecule has 0 atom stereocenters. The average molecular weight is 366 g/mol. The molecule has 6 heteroatoms. The Hall–Kier alpha value is -2.83. The van der Waals surface area contributed by atoms with Gasteiger partial charge in [0.05, 0.1) is 18.8 Å². The van der Waals surface area contributed by atoms with Gasteiger partial charge in [0.1, 0.15) is 5.75 Å². The van der Waals surface area contributed by atoms with Crippen molar-refractivity contribution in [2.45, 2.75) is 26.1 Å². The summed E-state index contributed by atoms with van der Waals surface area (Å²) in [4.78, 5) is 38.5. The van der Waals surface area contributed by atoms with Gasteiger partial charge in [0.15, 0.2) is 23.1 Å². The monoisotopic (exact) mass is 366 g/mol. The number of phenolic OH excluding ortho intramolecular Hbond substituents is 1. The summed E-state index contributed by atoms with van der Waals surface area (Å²) >= 11 is 0. The summed E-state index contributed by atoms with van der Waals surface area (Å²) in [5, 5.41) is 10.1. The lowest BCUT2D eigenvalue weighted by molar-refractivity contribution is -0.140. The van der Waals surface area contributed by atoms with Crippen molar-refractivity contribution in [1.82, 2.24) is 0 Å². The minimum Gasteiger partial charge on any atom is -0.507 e. The fraction of sp³-hybridized carbons (Fsp3) is 0.286. The van der Waals surface area contributed by atoms with Crippen molar-refractivity contribution in [3.05, 3.63) is 63.7 Å². The fourth-order valence-corrected chi connectivity index (χ4v) is 3.86. The number of carbonyl (C=O) groups excluding carboxylic acids is 3. The highest BCUT2D eigenvalue weighted by atomic mass is 16.7. The molecular weight excluding hydrogens is 348 g/mol. The van der Waals surface area contributed by atoms with Gasteiger partial charge in [0.2, 0.25) is 0 Å². The zero-order valence-electron chi connectivity index (χ0n) is 15.0. The lowest BCUT2D eigenvalue weighted by atomic mass is 9.78. The third-order valence-electron chi connectivity index (χ3n) is 5.04. The molecule has 2 aromatic rings. The number of benzene rings is 2. The van der Waals surface area contributed by atoms with Crippen LogP contribution in [0.15, 0.2) is 30.3 Å². The highest BCUT2D eigenvalue weighted by molar-refractivity contribution is 6.31. The van der Waals surface area contributed by atoms with E-state index in [-0.39, 0.29) is 45.8 Å². The Kier molecular flexibility index (Phi) is 3.98. The summed E-state index contributed by atoms with van der Waals surface area (Å²) in [5.74, 6) is -2.35. The molecule has 1 saturated heterocycles. The number of hydrogen-bond acceptors (Lipinski definition) is 6. The molecule has 1 aliphatic heterocycles. The Morgan fingerprint density at radius 1 is 1.04 bits per heavy atom. The SMILES string of the molecule is CC(=O)c1c(CC2(C)OCCO2)ccc2c1C(=O)c1cccc(O)c1C2=O. The minimum absolute atomic E-state index is 0.0216. The van der Waals surface area contributed by atoms with Crippen molar-refractivity contribution in [1.29, 1.82) is 0 Å². The smallest absolute Gasteiger partial charge is 0.198 e. The fourth-order valence-electron chi connectivity index (χ4n) is 3.86. The van der Waals surface area contributed by atoms with Crippen LogP contribution in [-0.4, -0.2) is 41.5 Å². The van der Waals surface area contributed by atoms with E-state index in [0.717, 1.165) is 0 Å². The highest BCUT2D eigenvalue weighted by Gasteiger charge is 2.38. The number of ketones is 3. The number of carbonyl (C=O) groups is 3. The van der Waals surface area contributed by atoms with Crippen molar-refractivity contribution in [2.24, 2.45) is 0 Å². The summed E-state index contributed by atoms with van der Waals surface area (Å²) < 4.78 is 11.2. The Labute approximate surface area is 155 Å². The van der Waals surface area contributed by atoms with Crippen molar-refractivity contribution in [2.75, 3.05) is 13.2 Å². The number of aromatic hydroxyl groups is 1. The van der Waals surface area contributed by atoms with Crippen LogP contribution in [0.4, 0.5) is 0 Å². The molecule has 1 fully saturated rings. The van der Waals surface area contributed by atoms with Crippen LogP contribution in [0.25, 0.3) is 0 Å². The molecule has 138 valence electrons. The molecule has 6 nitrogen and oxygen atoms in total. The topological polar surface area (TPSA) is 89.9 Å². The number of phenols is 1. The van der Waals surface area contributed by atoms with E-state index in [0.29, 0.717) is 18.8 Å². The van der Waals surface area contributed by atoms with Gasteiger partial charge in [-0.3, -0.25) is 14.4 Å². The molecule has 2 aliphatic rings. The van der Waals surface area contributed by atoms with Crippen LogP contribution in [-0.2, 0) is 15.9 Å². The molecule has 0 unspecified atom stereocenters. The number of ether oxygens (including phenoxy) is 2. The zero-order valence-corrected chi connectivity index (χ0v) is 15.0. The van der Waals surface area contributed by atoms with E-state index in [4.69, 9.17) is 9.47 Å². The molecule has 2 aromatic carbocycles. The third kappa shape index (κ3) is 2.69. The maximum atomic E-state index is 13.1. The second kappa shape index (κ2) is 6.11. The number of fused-ring (bicyclic) bond motifs is 2. The van der Waals surface area contributed by atoms with E-state index in [9.17, 15) is 19.5 Å². The predicted octanol–water partition coefficient (Wildman–Crippen LogP) is 2.68. The van der Waals surface area contributed by atoms with E-state index in [1.807, 2.05) is 0 Å². The first-order valence-electron chi connectivity index (χ1n) is 8.68. The van der Waals surface area contributed by atoms with E-state index in [1.165, 1.54) is 31.2 Å². The van der Waals surface area contributed by atoms with E-state index < -0.39 is 17.4 Å². The van der Waals surface area contributed by atoms with E-state index in [2.05, 4.69) is 0 Å². The van der Waals surface area contributed by atoms with Gasteiger partial charge < -0.3 is 14.6 Å². The third-order valence-corrected chi connectivity index (χ3v) is 5.04. The van der Waals surface area contributed by atoms with Gasteiger partial charge in [-0.1, -0.05) is 18.2 Å². The van der Waals surface area contributed by atoms with Crippen LogP contribution in [0.3, 0.4) is 0 Å².